The van der Waals surface area contributed by atoms with Gasteiger partial charge in [0.05, 0.1) is 10.6 Å². The number of rotatable bonds is 5. The number of carbonyl (C=O) groups is 2. The first kappa shape index (κ1) is 19.4. The molecule has 4 rings (SSSR count). The Hall–Kier alpha value is -1.97. The molecule has 3 aliphatic rings. The van der Waals surface area contributed by atoms with Gasteiger partial charge in [0.15, 0.2) is 0 Å². The van der Waals surface area contributed by atoms with Crippen molar-refractivity contribution in [3.8, 4) is 0 Å². The van der Waals surface area contributed by atoms with Crippen LogP contribution in [0.25, 0.3) is 6.08 Å². The van der Waals surface area contributed by atoms with E-state index in [0.717, 1.165) is 56.8 Å². The Morgan fingerprint density at radius 1 is 1.32 bits per heavy atom. The van der Waals surface area contributed by atoms with Crippen molar-refractivity contribution < 1.29 is 9.59 Å². The lowest BCUT2D eigenvalue weighted by Gasteiger charge is -2.36. The van der Waals surface area contributed by atoms with Crippen LogP contribution in [0, 0.1) is 5.92 Å². The third kappa shape index (κ3) is 5.09. The molecule has 0 aromatic carbocycles. The van der Waals surface area contributed by atoms with E-state index >= 15 is 0 Å². The summed E-state index contributed by atoms with van der Waals surface area (Å²) in [5, 5.41) is 8.85. The number of likely N-dealkylation sites (tertiary alicyclic amines) is 1. The SMILES string of the molecule is O=C1NC(=O)/C(=C\c2ccnc(NC3CCCN(CC4CCCNC4)C3)n2)S1. The van der Waals surface area contributed by atoms with Gasteiger partial charge < -0.3 is 15.5 Å². The predicted octanol–water partition coefficient (Wildman–Crippen LogP) is 1.68. The molecule has 150 valence electrons. The van der Waals surface area contributed by atoms with Crippen LogP contribution >= 0.6 is 11.8 Å². The second-order valence-corrected chi connectivity index (χ2v) is 8.63. The molecule has 3 fully saturated rings. The Morgan fingerprint density at radius 3 is 3.04 bits per heavy atom. The maximum Gasteiger partial charge on any atom is 0.290 e. The molecular formula is C19H26N6O2S. The molecule has 0 aliphatic carbocycles. The van der Waals surface area contributed by atoms with Gasteiger partial charge in [0, 0.05) is 25.3 Å². The van der Waals surface area contributed by atoms with Crippen molar-refractivity contribution >= 4 is 34.9 Å². The lowest BCUT2D eigenvalue weighted by Crippen LogP contribution is -2.46. The third-order valence-electron chi connectivity index (χ3n) is 5.35. The second-order valence-electron chi connectivity index (χ2n) is 7.61. The third-order valence-corrected chi connectivity index (χ3v) is 6.16. The second kappa shape index (κ2) is 9.02. The molecule has 8 nitrogen and oxygen atoms in total. The van der Waals surface area contributed by atoms with Crippen LogP contribution in [0.15, 0.2) is 17.2 Å². The standard InChI is InChI=1S/C19H26N6O2S/c26-17-16(28-19(27)24-17)9-14-5-7-21-18(22-14)23-15-4-2-8-25(12-15)11-13-3-1-6-20-10-13/h5,7,9,13,15,20H,1-4,6,8,10-12H2,(H,21,22,23)(H,24,26,27)/b16-9+. The largest absolute Gasteiger partial charge is 0.350 e. The van der Waals surface area contributed by atoms with Gasteiger partial charge >= 0.3 is 0 Å². The topological polar surface area (TPSA) is 99.2 Å². The summed E-state index contributed by atoms with van der Waals surface area (Å²) in [6.07, 6.45) is 8.16. The molecule has 28 heavy (non-hydrogen) atoms. The van der Waals surface area contributed by atoms with Gasteiger partial charge in [-0.15, -0.1) is 0 Å². The van der Waals surface area contributed by atoms with Crippen molar-refractivity contribution in [1.29, 1.82) is 0 Å². The summed E-state index contributed by atoms with van der Waals surface area (Å²) in [4.78, 5) is 34.7. The molecule has 2 atom stereocenters. The molecule has 9 heteroatoms. The van der Waals surface area contributed by atoms with Gasteiger partial charge in [0.1, 0.15) is 0 Å². The van der Waals surface area contributed by atoms with Crippen LogP contribution in [-0.4, -0.2) is 64.8 Å². The van der Waals surface area contributed by atoms with Crippen LogP contribution in [0.4, 0.5) is 10.7 Å². The van der Waals surface area contributed by atoms with Crippen LogP contribution in [0.2, 0.25) is 0 Å². The molecular weight excluding hydrogens is 376 g/mol. The van der Waals surface area contributed by atoms with Crippen LogP contribution in [-0.2, 0) is 4.79 Å². The highest BCUT2D eigenvalue weighted by Crippen LogP contribution is 2.25. The first-order valence-electron chi connectivity index (χ1n) is 9.93. The van der Waals surface area contributed by atoms with E-state index in [1.165, 1.54) is 19.3 Å². The zero-order valence-electron chi connectivity index (χ0n) is 15.8. The summed E-state index contributed by atoms with van der Waals surface area (Å²) in [6, 6.07) is 2.05. The number of anilines is 1. The fourth-order valence-electron chi connectivity index (χ4n) is 4.04. The van der Waals surface area contributed by atoms with Gasteiger partial charge in [0.2, 0.25) is 5.95 Å². The number of hydrogen-bond acceptors (Lipinski definition) is 8. The number of nitrogens with zero attached hydrogens (tertiary/aromatic N) is 3. The maximum atomic E-state index is 11.7. The number of imide groups is 1. The Kier molecular flexibility index (Phi) is 6.23. The molecule has 0 spiro atoms. The molecule has 0 radical (unpaired) electrons. The molecule has 0 bridgehead atoms. The first-order chi connectivity index (χ1) is 13.7. The fourth-order valence-corrected chi connectivity index (χ4v) is 4.71. The van der Waals surface area contributed by atoms with Crippen molar-refractivity contribution in [2.24, 2.45) is 5.92 Å². The van der Waals surface area contributed by atoms with E-state index in [0.29, 0.717) is 22.6 Å². The van der Waals surface area contributed by atoms with E-state index in [4.69, 9.17) is 0 Å². The minimum Gasteiger partial charge on any atom is -0.350 e. The van der Waals surface area contributed by atoms with Gasteiger partial charge in [-0.2, -0.15) is 0 Å². The normalized spacial score (nSPS) is 27.8. The van der Waals surface area contributed by atoms with Gasteiger partial charge in [-0.25, -0.2) is 9.97 Å². The summed E-state index contributed by atoms with van der Waals surface area (Å²) in [5.41, 5.74) is 0.616. The summed E-state index contributed by atoms with van der Waals surface area (Å²) in [7, 11) is 0. The lowest BCUT2D eigenvalue weighted by molar-refractivity contribution is -0.115. The summed E-state index contributed by atoms with van der Waals surface area (Å²) in [5.74, 6) is 0.940. The minimum atomic E-state index is -0.372. The molecule has 3 N–H and O–H groups in total. The van der Waals surface area contributed by atoms with Crippen LogP contribution in [0.5, 0.6) is 0 Å². The molecule has 4 heterocycles. The zero-order valence-corrected chi connectivity index (χ0v) is 16.6. The molecule has 0 saturated carbocycles. The average molecular weight is 403 g/mol. The average Bonchev–Trinajstić information content (AvgIpc) is 3.00. The number of carbonyl (C=O) groups excluding carboxylic acids is 2. The van der Waals surface area contributed by atoms with Crippen molar-refractivity contribution in [2.45, 2.75) is 31.7 Å². The fraction of sp³-hybridized carbons (Fsp3) is 0.579. The van der Waals surface area contributed by atoms with E-state index in [2.05, 4.69) is 30.8 Å². The van der Waals surface area contributed by atoms with Gasteiger partial charge in [-0.1, -0.05) is 0 Å². The highest BCUT2D eigenvalue weighted by molar-refractivity contribution is 8.18. The number of amides is 2. The predicted molar refractivity (Wildman–Crippen MR) is 110 cm³/mol. The number of hydrogen-bond donors (Lipinski definition) is 3. The first-order valence-corrected chi connectivity index (χ1v) is 10.7. The summed E-state index contributed by atoms with van der Waals surface area (Å²) < 4.78 is 0. The van der Waals surface area contributed by atoms with Gasteiger partial charge in [-0.05, 0) is 75.1 Å². The Morgan fingerprint density at radius 2 is 2.25 bits per heavy atom. The number of piperidine rings is 2. The summed E-state index contributed by atoms with van der Waals surface area (Å²) >= 11 is 0.896. The van der Waals surface area contributed by atoms with Crippen molar-refractivity contribution in [3.63, 3.8) is 0 Å². The van der Waals surface area contributed by atoms with E-state index in [1.54, 1.807) is 18.3 Å². The van der Waals surface area contributed by atoms with Gasteiger partial charge in [-0.3, -0.25) is 14.9 Å². The Labute approximate surface area is 168 Å². The minimum absolute atomic E-state index is 0.318. The molecule has 1 aromatic heterocycles. The van der Waals surface area contributed by atoms with E-state index < -0.39 is 0 Å². The molecule has 3 saturated heterocycles. The van der Waals surface area contributed by atoms with E-state index in [-0.39, 0.29) is 11.1 Å². The molecule has 3 aliphatic heterocycles. The molecule has 2 amide bonds. The number of aromatic nitrogens is 2. The zero-order chi connectivity index (χ0) is 19.3. The lowest BCUT2D eigenvalue weighted by atomic mass is 9.97. The number of nitrogens with one attached hydrogen (secondary N) is 3. The van der Waals surface area contributed by atoms with Crippen molar-refractivity contribution in [1.82, 2.24) is 25.5 Å². The number of thioether (sulfide) groups is 1. The smallest absolute Gasteiger partial charge is 0.290 e. The van der Waals surface area contributed by atoms with Crippen LogP contribution < -0.4 is 16.0 Å². The van der Waals surface area contributed by atoms with E-state index in [9.17, 15) is 9.59 Å². The Balaban J connectivity index is 1.35. The maximum absolute atomic E-state index is 11.7. The summed E-state index contributed by atoms with van der Waals surface area (Å²) in [6.45, 7) is 5.58. The van der Waals surface area contributed by atoms with Crippen molar-refractivity contribution in [2.75, 3.05) is 38.0 Å². The monoisotopic (exact) mass is 402 g/mol. The van der Waals surface area contributed by atoms with Gasteiger partial charge in [0.25, 0.3) is 11.1 Å². The van der Waals surface area contributed by atoms with Crippen molar-refractivity contribution in [3.05, 3.63) is 22.9 Å². The van der Waals surface area contributed by atoms with Crippen LogP contribution in [0.1, 0.15) is 31.4 Å². The van der Waals surface area contributed by atoms with E-state index in [1.807, 2.05) is 0 Å². The molecule has 2 unspecified atom stereocenters. The highest BCUT2D eigenvalue weighted by atomic mass is 32.2. The van der Waals surface area contributed by atoms with Crippen LogP contribution in [0.3, 0.4) is 0 Å². The Bertz CT molecular complexity index is 765. The highest BCUT2D eigenvalue weighted by Gasteiger charge is 2.26. The molecule has 1 aromatic rings. The quantitative estimate of drug-likeness (QED) is 0.640.